The number of aromatic amines is 1. The number of aromatic nitrogens is 1. The second-order valence-electron chi connectivity index (χ2n) is 5.46. The molecule has 0 aliphatic heterocycles. The molecule has 0 atom stereocenters. The lowest BCUT2D eigenvalue weighted by atomic mass is 10.0. The first-order chi connectivity index (χ1) is 9.13. The summed E-state index contributed by atoms with van der Waals surface area (Å²) in [4.78, 5) is 3.51. The Morgan fingerprint density at radius 1 is 1.11 bits per heavy atom. The van der Waals surface area contributed by atoms with Crippen molar-refractivity contribution in [2.45, 2.75) is 20.3 Å². The highest BCUT2D eigenvalue weighted by atomic mass is 19.1. The van der Waals surface area contributed by atoms with E-state index < -0.39 is 0 Å². The molecule has 2 aromatic carbocycles. The topological polar surface area (TPSA) is 15.8 Å². The molecular weight excluding hydrogens is 237 g/mol. The number of nitrogens with one attached hydrogen (secondary N) is 1. The molecule has 4 rings (SSSR count). The van der Waals surface area contributed by atoms with E-state index in [2.05, 4.69) is 31.0 Å². The molecule has 1 heterocycles. The van der Waals surface area contributed by atoms with Crippen molar-refractivity contribution < 1.29 is 4.39 Å². The summed E-state index contributed by atoms with van der Waals surface area (Å²) in [7, 11) is 0. The van der Waals surface area contributed by atoms with E-state index in [1.807, 2.05) is 6.07 Å². The molecule has 1 N–H and O–H groups in total. The van der Waals surface area contributed by atoms with Crippen molar-refractivity contribution in [2.75, 3.05) is 0 Å². The van der Waals surface area contributed by atoms with Crippen LogP contribution in [0.25, 0.3) is 22.2 Å². The first kappa shape index (κ1) is 10.8. The van der Waals surface area contributed by atoms with Crippen LogP contribution in [0.3, 0.4) is 0 Å². The molecule has 0 bridgehead atoms. The van der Waals surface area contributed by atoms with Crippen LogP contribution < -0.4 is 0 Å². The first-order valence-corrected chi connectivity index (χ1v) is 6.54. The van der Waals surface area contributed by atoms with Gasteiger partial charge in [0.1, 0.15) is 5.82 Å². The highest BCUT2D eigenvalue weighted by Crippen LogP contribution is 2.41. The molecule has 1 aliphatic rings. The van der Waals surface area contributed by atoms with E-state index in [0.29, 0.717) is 0 Å². The minimum absolute atomic E-state index is 0.152. The van der Waals surface area contributed by atoms with E-state index in [0.717, 1.165) is 17.5 Å². The Morgan fingerprint density at radius 3 is 2.79 bits per heavy atom. The first-order valence-electron chi connectivity index (χ1n) is 6.54. The van der Waals surface area contributed by atoms with Crippen LogP contribution in [0.1, 0.15) is 22.3 Å². The van der Waals surface area contributed by atoms with Crippen LogP contribution in [0, 0.1) is 19.7 Å². The van der Waals surface area contributed by atoms with E-state index >= 15 is 0 Å². The molecule has 1 aromatic heterocycles. The maximum Gasteiger partial charge on any atom is 0.123 e. The van der Waals surface area contributed by atoms with Gasteiger partial charge in [0.25, 0.3) is 0 Å². The summed E-state index contributed by atoms with van der Waals surface area (Å²) in [6, 6.07) is 9.47. The molecule has 3 aromatic rings. The van der Waals surface area contributed by atoms with Crippen molar-refractivity contribution in [1.29, 1.82) is 0 Å². The summed E-state index contributed by atoms with van der Waals surface area (Å²) in [5.74, 6) is -0.152. The summed E-state index contributed by atoms with van der Waals surface area (Å²) in [6.45, 7) is 4.26. The van der Waals surface area contributed by atoms with Gasteiger partial charge in [-0.25, -0.2) is 4.39 Å². The number of benzene rings is 2. The van der Waals surface area contributed by atoms with Crippen LogP contribution in [0.5, 0.6) is 0 Å². The Hall–Kier alpha value is -2.09. The zero-order valence-electron chi connectivity index (χ0n) is 11.0. The molecule has 0 saturated heterocycles. The van der Waals surface area contributed by atoms with Gasteiger partial charge in [0.15, 0.2) is 0 Å². The van der Waals surface area contributed by atoms with Crippen molar-refractivity contribution >= 4 is 10.9 Å². The smallest absolute Gasteiger partial charge is 0.123 e. The Morgan fingerprint density at radius 2 is 1.95 bits per heavy atom. The maximum absolute atomic E-state index is 13.3. The van der Waals surface area contributed by atoms with Crippen LogP contribution in [0.4, 0.5) is 4.39 Å². The van der Waals surface area contributed by atoms with Crippen LogP contribution >= 0.6 is 0 Å². The lowest BCUT2D eigenvalue weighted by Gasteiger charge is -2.03. The van der Waals surface area contributed by atoms with Crippen molar-refractivity contribution in [3.05, 3.63) is 58.4 Å². The molecule has 0 saturated carbocycles. The second-order valence-corrected chi connectivity index (χ2v) is 5.46. The van der Waals surface area contributed by atoms with Gasteiger partial charge in [0, 0.05) is 22.9 Å². The molecule has 19 heavy (non-hydrogen) atoms. The predicted molar refractivity (Wildman–Crippen MR) is 76.0 cm³/mol. The van der Waals surface area contributed by atoms with Crippen molar-refractivity contribution in [2.24, 2.45) is 0 Å². The van der Waals surface area contributed by atoms with Gasteiger partial charge in [-0.15, -0.1) is 0 Å². The Labute approximate surface area is 111 Å². The fraction of sp³-hybridized carbons (Fsp3) is 0.176. The van der Waals surface area contributed by atoms with Crippen LogP contribution in [-0.4, -0.2) is 4.98 Å². The minimum atomic E-state index is -0.152. The highest BCUT2D eigenvalue weighted by Gasteiger charge is 2.24. The Balaban J connectivity index is 2.07. The average Bonchev–Trinajstić information content (AvgIpc) is 2.82. The summed E-state index contributed by atoms with van der Waals surface area (Å²) in [5, 5.41) is 1.30. The number of hydrogen-bond acceptors (Lipinski definition) is 0. The number of halogens is 1. The van der Waals surface area contributed by atoms with E-state index in [1.165, 1.54) is 39.4 Å². The number of fused-ring (bicyclic) bond motifs is 5. The summed E-state index contributed by atoms with van der Waals surface area (Å²) >= 11 is 0. The van der Waals surface area contributed by atoms with Gasteiger partial charge in [-0.1, -0.05) is 6.07 Å². The van der Waals surface area contributed by atoms with Crippen molar-refractivity contribution in [3.8, 4) is 11.3 Å². The molecule has 1 aliphatic carbocycles. The van der Waals surface area contributed by atoms with Crippen LogP contribution in [-0.2, 0) is 6.42 Å². The lowest BCUT2D eigenvalue weighted by molar-refractivity contribution is 0.626. The quantitative estimate of drug-likeness (QED) is 0.474. The average molecular weight is 251 g/mol. The summed E-state index contributed by atoms with van der Waals surface area (Å²) < 4.78 is 13.3. The second kappa shape index (κ2) is 3.47. The number of rotatable bonds is 0. The van der Waals surface area contributed by atoms with Crippen LogP contribution in [0.2, 0.25) is 0 Å². The standard InChI is InChI=1S/C17H14FN/c1-9-5-10(2)16-14-8-11-7-12(18)3-4-13(11)17(14)19-15(16)6-9/h3-7,19H,8H2,1-2H3. The molecular formula is C17H14FN. The van der Waals surface area contributed by atoms with E-state index in [9.17, 15) is 4.39 Å². The van der Waals surface area contributed by atoms with Crippen LogP contribution in [0.15, 0.2) is 30.3 Å². The van der Waals surface area contributed by atoms with Gasteiger partial charge in [-0.05, 0) is 60.4 Å². The lowest BCUT2D eigenvalue weighted by Crippen LogP contribution is -1.86. The highest BCUT2D eigenvalue weighted by molar-refractivity contribution is 5.96. The SMILES string of the molecule is Cc1cc(C)c2c3c([nH]c2c1)-c1ccc(F)cc1C3. The zero-order chi connectivity index (χ0) is 13.1. The molecule has 1 nitrogen and oxygen atoms in total. The zero-order valence-corrected chi connectivity index (χ0v) is 11.0. The number of H-pyrrole nitrogens is 1. The van der Waals surface area contributed by atoms with E-state index in [-0.39, 0.29) is 5.82 Å². The monoisotopic (exact) mass is 251 g/mol. The molecule has 0 fully saturated rings. The van der Waals surface area contributed by atoms with Crippen molar-refractivity contribution in [3.63, 3.8) is 0 Å². The molecule has 0 radical (unpaired) electrons. The van der Waals surface area contributed by atoms with Gasteiger partial charge < -0.3 is 4.98 Å². The Kier molecular flexibility index (Phi) is 1.97. The molecule has 0 spiro atoms. The fourth-order valence-corrected chi connectivity index (χ4v) is 3.35. The predicted octanol–water partition coefficient (Wildman–Crippen LogP) is 4.50. The van der Waals surface area contributed by atoms with Gasteiger partial charge >= 0.3 is 0 Å². The minimum Gasteiger partial charge on any atom is -0.354 e. The van der Waals surface area contributed by atoms with Gasteiger partial charge in [-0.2, -0.15) is 0 Å². The third-order valence-corrected chi connectivity index (χ3v) is 4.05. The Bertz CT molecular complexity index is 827. The number of aryl methyl sites for hydroxylation is 2. The van der Waals surface area contributed by atoms with Gasteiger partial charge in [-0.3, -0.25) is 0 Å². The maximum atomic E-state index is 13.3. The molecule has 94 valence electrons. The molecule has 0 unspecified atom stereocenters. The van der Waals surface area contributed by atoms with Gasteiger partial charge in [0.2, 0.25) is 0 Å². The van der Waals surface area contributed by atoms with Crippen molar-refractivity contribution in [1.82, 2.24) is 4.98 Å². The third kappa shape index (κ3) is 1.40. The summed E-state index contributed by atoms with van der Waals surface area (Å²) in [5.41, 5.74) is 8.46. The normalized spacial score (nSPS) is 12.8. The largest absolute Gasteiger partial charge is 0.354 e. The van der Waals surface area contributed by atoms with E-state index in [1.54, 1.807) is 6.07 Å². The molecule has 2 heteroatoms. The fourth-order valence-electron chi connectivity index (χ4n) is 3.35. The molecule has 0 amide bonds. The van der Waals surface area contributed by atoms with E-state index in [4.69, 9.17) is 0 Å². The summed E-state index contributed by atoms with van der Waals surface area (Å²) in [6.07, 6.45) is 0.826. The number of hydrogen-bond donors (Lipinski definition) is 1. The third-order valence-electron chi connectivity index (χ3n) is 4.05. The van der Waals surface area contributed by atoms with Gasteiger partial charge in [0.05, 0.1) is 5.69 Å².